The van der Waals surface area contributed by atoms with Gasteiger partial charge in [-0.15, -0.1) is 11.3 Å². The molecule has 0 saturated carbocycles. The lowest BCUT2D eigenvalue weighted by Gasteiger charge is -2.38. The number of halogens is 1. The highest BCUT2D eigenvalue weighted by Crippen LogP contribution is 2.48. The summed E-state index contributed by atoms with van der Waals surface area (Å²) in [5, 5.41) is 17.1. The average Bonchev–Trinajstić information content (AvgIpc) is 3.48. The summed E-state index contributed by atoms with van der Waals surface area (Å²) in [5.74, 6) is -0.0836. The Bertz CT molecular complexity index is 1400. The minimum Gasteiger partial charge on any atom is -0.453 e. The first kappa shape index (κ1) is 21.4. The number of thiophene rings is 1. The number of fused-ring (bicyclic) bond motifs is 2. The zero-order valence-corrected chi connectivity index (χ0v) is 19.2. The second-order valence-electron chi connectivity index (χ2n) is 7.64. The normalized spacial score (nSPS) is 18.4. The number of amides is 2. The van der Waals surface area contributed by atoms with Gasteiger partial charge in [-0.3, -0.25) is 15.0 Å². The zero-order chi connectivity index (χ0) is 23.3. The minimum absolute atomic E-state index is 0.208. The van der Waals surface area contributed by atoms with Crippen molar-refractivity contribution in [2.75, 3.05) is 12.4 Å². The van der Waals surface area contributed by atoms with E-state index in [1.54, 1.807) is 48.5 Å². The number of carbonyl (C=O) groups excluding carboxylic acids is 2. The molecule has 2 amide bonds. The van der Waals surface area contributed by atoms with Crippen molar-refractivity contribution in [1.82, 2.24) is 14.9 Å². The van der Waals surface area contributed by atoms with Gasteiger partial charge in [0.2, 0.25) is 5.95 Å². The van der Waals surface area contributed by atoms with E-state index in [1.807, 2.05) is 12.3 Å². The largest absolute Gasteiger partial charge is 0.453 e. The van der Waals surface area contributed by atoms with Crippen molar-refractivity contribution < 1.29 is 19.4 Å². The van der Waals surface area contributed by atoms with Crippen LogP contribution in [0.25, 0.3) is 11.0 Å². The van der Waals surface area contributed by atoms with E-state index in [-0.39, 0.29) is 11.9 Å². The summed E-state index contributed by atoms with van der Waals surface area (Å²) in [5.41, 5.74) is 0.776. The van der Waals surface area contributed by atoms with E-state index in [4.69, 9.17) is 11.6 Å². The molecule has 0 radical (unpaired) electrons. The summed E-state index contributed by atoms with van der Waals surface area (Å²) in [7, 11) is 1.26. The quantitative estimate of drug-likeness (QED) is 0.385. The summed E-state index contributed by atoms with van der Waals surface area (Å²) < 4.78 is 4.60. The Labute approximate surface area is 197 Å². The van der Waals surface area contributed by atoms with E-state index in [1.165, 1.54) is 23.3 Å². The third-order valence-corrected chi connectivity index (χ3v) is 7.33. The topological polar surface area (TPSA) is 108 Å². The number of nitrogens with one attached hydrogen (secondary N) is 2. The Balaban J connectivity index is 1.65. The van der Waals surface area contributed by atoms with Gasteiger partial charge in [-0.1, -0.05) is 35.9 Å². The van der Waals surface area contributed by atoms with E-state index in [0.29, 0.717) is 32.7 Å². The van der Waals surface area contributed by atoms with E-state index in [2.05, 4.69) is 20.0 Å². The molecule has 2 atom stereocenters. The monoisotopic (exact) mass is 482 g/mol. The van der Waals surface area contributed by atoms with Gasteiger partial charge in [0.05, 0.1) is 29.2 Å². The van der Waals surface area contributed by atoms with Gasteiger partial charge >= 0.3 is 6.09 Å². The van der Waals surface area contributed by atoms with Crippen LogP contribution in [0.3, 0.4) is 0 Å². The van der Waals surface area contributed by atoms with Crippen molar-refractivity contribution in [2.24, 2.45) is 0 Å². The molecule has 0 fully saturated rings. The molecule has 0 bridgehead atoms. The first-order chi connectivity index (χ1) is 15.8. The minimum atomic E-state index is -1.75. The van der Waals surface area contributed by atoms with Crippen LogP contribution in [-0.4, -0.2) is 39.1 Å². The van der Waals surface area contributed by atoms with Crippen molar-refractivity contribution in [3.05, 3.63) is 80.5 Å². The summed E-state index contributed by atoms with van der Waals surface area (Å²) in [4.78, 5) is 34.6. The maximum Gasteiger partial charge on any atom is 0.413 e. The van der Waals surface area contributed by atoms with E-state index in [9.17, 15) is 14.7 Å². The lowest BCUT2D eigenvalue weighted by atomic mass is 9.92. The molecule has 1 aliphatic rings. The first-order valence-electron chi connectivity index (χ1n) is 10.1. The van der Waals surface area contributed by atoms with Crippen LogP contribution in [-0.2, 0) is 10.5 Å². The molecule has 2 aromatic carbocycles. The highest BCUT2D eigenvalue weighted by atomic mass is 35.5. The lowest BCUT2D eigenvalue weighted by molar-refractivity contribution is -0.0670. The van der Waals surface area contributed by atoms with Gasteiger partial charge in [0.25, 0.3) is 5.91 Å². The Morgan fingerprint density at radius 2 is 2.09 bits per heavy atom. The summed E-state index contributed by atoms with van der Waals surface area (Å²) in [6.45, 7) is 1.85. The van der Waals surface area contributed by atoms with Crippen molar-refractivity contribution in [3.8, 4) is 0 Å². The number of aromatic amines is 1. The highest BCUT2D eigenvalue weighted by Gasteiger charge is 2.52. The molecule has 2 aromatic heterocycles. The molecule has 3 heterocycles. The first-order valence-corrected chi connectivity index (χ1v) is 11.3. The predicted octanol–water partition coefficient (Wildman–Crippen LogP) is 4.87. The van der Waals surface area contributed by atoms with Gasteiger partial charge in [-0.05, 0) is 36.6 Å². The molecule has 1 aliphatic heterocycles. The van der Waals surface area contributed by atoms with Gasteiger partial charge in [-0.2, -0.15) is 0 Å². The van der Waals surface area contributed by atoms with Crippen LogP contribution < -0.4 is 5.32 Å². The molecule has 5 rings (SSSR count). The van der Waals surface area contributed by atoms with E-state index >= 15 is 0 Å². The summed E-state index contributed by atoms with van der Waals surface area (Å²) >= 11 is 7.81. The van der Waals surface area contributed by atoms with Crippen molar-refractivity contribution in [2.45, 2.75) is 18.7 Å². The number of aromatic nitrogens is 2. The number of methoxy groups -OCH3 is 1. The number of benzene rings is 2. The van der Waals surface area contributed by atoms with Crippen LogP contribution >= 0.6 is 22.9 Å². The van der Waals surface area contributed by atoms with Crippen molar-refractivity contribution in [3.63, 3.8) is 0 Å². The number of nitrogens with zero attached hydrogens (tertiary/aromatic N) is 2. The van der Waals surface area contributed by atoms with Gasteiger partial charge in [0, 0.05) is 21.6 Å². The van der Waals surface area contributed by atoms with Crippen LogP contribution in [0.4, 0.5) is 10.7 Å². The third kappa shape index (κ3) is 3.28. The number of anilines is 1. The Kier molecular flexibility index (Phi) is 5.12. The molecule has 10 heteroatoms. The number of hydrogen-bond donors (Lipinski definition) is 3. The third-order valence-electron chi connectivity index (χ3n) is 5.80. The Morgan fingerprint density at radius 3 is 2.82 bits per heavy atom. The Morgan fingerprint density at radius 1 is 1.30 bits per heavy atom. The summed E-state index contributed by atoms with van der Waals surface area (Å²) in [6, 6.07) is 13.5. The Hall–Kier alpha value is -3.40. The van der Waals surface area contributed by atoms with Gasteiger partial charge in [0.1, 0.15) is 0 Å². The molecule has 4 aromatic rings. The number of aliphatic hydroxyl groups is 1. The SMILES string of the molecule is COC(=O)Nc1nc2cc(C3(O)c4ccccc4C(=O)N3C(C)c3sccc3Cl)ccc2[nH]1. The fraction of sp³-hybridized carbons (Fsp3) is 0.174. The molecular formula is C23H19ClN4O4S. The number of ether oxygens (including phenoxy) is 1. The van der Waals surface area contributed by atoms with Gasteiger partial charge in [-0.25, -0.2) is 9.78 Å². The maximum absolute atomic E-state index is 13.5. The number of carbonyl (C=O) groups is 2. The van der Waals surface area contributed by atoms with Crippen LogP contribution in [0, 0.1) is 0 Å². The smallest absolute Gasteiger partial charge is 0.413 e. The molecular weight excluding hydrogens is 464 g/mol. The second-order valence-corrected chi connectivity index (χ2v) is 8.99. The van der Waals surface area contributed by atoms with Crippen LogP contribution in [0.5, 0.6) is 0 Å². The van der Waals surface area contributed by atoms with E-state index < -0.39 is 17.9 Å². The number of hydrogen-bond acceptors (Lipinski definition) is 6. The fourth-order valence-electron chi connectivity index (χ4n) is 4.28. The van der Waals surface area contributed by atoms with Crippen molar-refractivity contribution in [1.29, 1.82) is 0 Å². The molecule has 0 saturated heterocycles. The predicted molar refractivity (Wildman–Crippen MR) is 125 cm³/mol. The molecule has 0 spiro atoms. The van der Waals surface area contributed by atoms with Crippen LogP contribution in [0.2, 0.25) is 5.02 Å². The van der Waals surface area contributed by atoms with Crippen LogP contribution in [0.1, 0.15) is 39.3 Å². The number of rotatable bonds is 4. The maximum atomic E-state index is 13.5. The summed E-state index contributed by atoms with van der Waals surface area (Å²) in [6.07, 6.45) is -0.656. The number of H-pyrrole nitrogens is 1. The molecule has 3 N–H and O–H groups in total. The highest BCUT2D eigenvalue weighted by molar-refractivity contribution is 7.10. The van der Waals surface area contributed by atoms with Gasteiger partial charge in [0.15, 0.2) is 5.72 Å². The standard InChI is InChI=1S/C23H19ClN4O4S/c1-12(19-16(24)9-10-33-19)28-20(29)14-5-3-4-6-15(14)23(28,31)13-7-8-17-18(11-13)26-21(25-17)27-22(30)32-2/h3-12,31H,1-2H3,(H2,25,26,27,30). The van der Waals surface area contributed by atoms with Crippen molar-refractivity contribution >= 4 is 51.9 Å². The molecule has 168 valence electrons. The zero-order valence-electron chi connectivity index (χ0n) is 17.6. The average molecular weight is 483 g/mol. The lowest BCUT2D eigenvalue weighted by Crippen LogP contribution is -2.46. The molecule has 2 unspecified atom stereocenters. The van der Waals surface area contributed by atoms with Crippen LogP contribution in [0.15, 0.2) is 53.9 Å². The molecule has 8 nitrogen and oxygen atoms in total. The molecule has 0 aliphatic carbocycles. The van der Waals surface area contributed by atoms with E-state index in [0.717, 1.165) is 4.88 Å². The second kappa shape index (κ2) is 7.87. The van der Waals surface area contributed by atoms with Gasteiger partial charge < -0.3 is 14.8 Å². The number of imidazole rings is 1. The fourth-order valence-corrected chi connectivity index (χ4v) is 5.54. The molecule has 33 heavy (non-hydrogen) atoms.